The largest absolute Gasteiger partial charge is 0.334 e. The van der Waals surface area contributed by atoms with E-state index in [1.165, 1.54) is 24.5 Å². The number of primary sulfonamides is 1. The summed E-state index contributed by atoms with van der Waals surface area (Å²) >= 11 is 0. The zero-order valence-electron chi connectivity index (χ0n) is 10.5. The predicted octanol–water partition coefficient (Wildman–Crippen LogP) is 0.841. The second-order valence-electron chi connectivity index (χ2n) is 4.12. The molecule has 106 valence electrons. The molecule has 0 radical (unpaired) electrons. The molecule has 0 unspecified atom stereocenters. The molecule has 2 N–H and O–H groups in total. The van der Waals surface area contributed by atoms with Gasteiger partial charge in [-0.3, -0.25) is 0 Å². The van der Waals surface area contributed by atoms with Gasteiger partial charge in [0.2, 0.25) is 15.8 Å². The van der Waals surface area contributed by atoms with Gasteiger partial charge in [0, 0.05) is 5.56 Å². The molecule has 0 amide bonds. The van der Waals surface area contributed by atoms with Gasteiger partial charge in [0.05, 0.1) is 22.9 Å². The quantitative estimate of drug-likeness (QED) is 0.759. The van der Waals surface area contributed by atoms with Gasteiger partial charge in [-0.05, 0) is 30.3 Å². The number of benzene rings is 1. The van der Waals surface area contributed by atoms with Gasteiger partial charge in [0.1, 0.15) is 0 Å². The minimum absolute atomic E-state index is 0.0216. The van der Waals surface area contributed by atoms with Crippen molar-refractivity contribution < 1.29 is 12.9 Å². The van der Waals surface area contributed by atoms with Gasteiger partial charge in [-0.1, -0.05) is 5.16 Å². The molecule has 0 saturated heterocycles. The summed E-state index contributed by atoms with van der Waals surface area (Å²) in [6.45, 7) is 0. The number of aromatic nitrogens is 4. The topological polar surface area (TPSA) is 125 Å². The average molecular weight is 303 g/mol. The van der Waals surface area contributed by atoms with Crippen molar-refractivity contribution in [3.05, 3.63) is 42.7 Å². The molecule has 1 aromatic carbocycles. The molecule has 0 aliphatic carbocycles. The standard InChI is InChI=1S/C12H9N5O3S/c13-21(18,19)10-3-1-8(2-4-10)11-16-12(20-17-11)9-5-6-14-15-7-9/h1-7H,(H2,13,18,19). The number of hydrogen-bond donors (Lipinski definition) is 1. The number of nitrogens with two attached hydrogens (primary N) is 1. The monoisotopic (exact) mass is 303 g/mol. The Morgan fingerprint density at radius 1 is 1.00 bits per heavy atom. The van der Waals surface area contributed by atoms with Crippen molar-refractivity contribution in [1.29, 1.82) is 0 Å². The van der Waals surface area contributed by atoms with Gasteiger partial charge < -0.3 is 4.52 Å². The Balaban J connectivity index is 1.94. The summed E-state index contributed by atoms with van der Waals surface area (Å²) in [7, 11) is -3.72. The Hall–Kier alpha value is -2.65. The van der Waals surface area contributed by atoms with Gasteiger partial charge >= 0.3 is 0 Å². The number of hydrogen-bond acceptors (Lipinski definition) is 7. The molecular formula is C12H9N5O3S. The fraction of sp³-hybridized carbons (Fsp3) is 0. The molecule has 0 spiro atoms. The van der Waals surface area contributed by atoms with Crippen LogP contribution in [0.4, 0.5) is 0 Å². The zero-order valence-corrected chi connectivity index (χ0v) is 11.4. The van der Waals surface area contributed by atoms with Crippen LogP contribution in [0, 0.1) is 0 Å². The summed E-state index contributed by atoms with van der Waals surface area (Å²) in [5.41, 5.74) is 1.25. The average Bonchev–Trinajstić information content (AvgIpc) is 2.97. The van der Waals surface area contributed by atoms with Crippen LogP contribution in [0.25, 0.3) is 22.8 Å². The van der Waals surface area contributed by atoms with E-state index in [2.05, 4.69) is 20.3 Å². The van der Waals surface area contributed by atoms with Crippen molar-refractivity contribution in [3.63, 3.8) is 0 Å². The first-order valence-corrected chi connectivity index (χ1v) is 7.33. The second-order valence-corrected chi connectivity index (χ2v) is 5.69. The van der Waals surface area contributed by atoms with Crippen LogP contribution in [0.1, 0.15) is 0 Å². The molecule has 0 saturated carbocycles. The third-order valence-electron chi connectivity index (χ3n) is 2.70. The van der Waals surface area contributed by atoms with Crippen molar-refractivity contribution in [2.45, 2.75) is 4.90 Å². The molecule has 2 aromatic heterocycles. The maximum Gasteiger partial charge on any atom is 0.259 e. The van der Waals surface area contributed by atoms with E-state index in [0.29, 0.717) is 22.8 Å². The van der Waals surface area contributed by atoms with Gasteiger partial charge in [-0.15, -0.1) is 0 Å². The van der Waals surface area contributed by atoms with E-state index >= 15 is 0 Å². The highest BCUT2D eigenvalue weighted by atomic mass is 32.2. The van der Waals surface area contributed by atoms with E-state index in [4.69, 9.17) is 9.66 Å². The molecule has 0 aliphatic heterocycles. The molecule has 21 heavy (non-hydrogen) atoms. The third-order valence-corrected chi connectivity index (χ3v) is 3.63. The molecular weight excluding hydrogens is 294 g/mol. The number of nitrogens with zero attached hydrogens (tertiary/aromatic N) is 4. The second kappa shape index (κ2) is 5.04. The van der Waals surface area contributed by atoms with E-state index in [0.717, 1.165) is 0 Å². The molecule has 9 heteroatoms. The first-order chi connectivity index (χ1) is 10.0. The van der Waals surface area contributed by atoms with Crippen molar-refractivity contribution in [1.82, 2.24) is 20.3 Å². The third kappa shape index (κ3) is 2.78. The molecule has 3 aromatic rings. The zero-order chi connectivity index (χ0) is 14.9. The van der Waals surface area contributed by atoms with Crippen molar-refractivity contribution in [2.24, 2.45) is 5.14 Å². The Bertz CT molecular complexity index is 859. The van der Waals surface area contributed by atoms with Crippen LogP contribution < -0.4 is 5.14 Å². The fourth-order valence-corrected chi connectivity index (χ4v) is 2.18. The molecule has 0 atom stereocenters. The number of rotatable bonds is 3. The lowest BCUT2D eigenvalue weighted by Gasteiger charge is -1.98. The van der Waals surface area contributed by atoms with E-state index in [1.54, 1.807) is 18.2 Å². The van der Waals surface area contributed by atoms with Crippen LogP contribution in [0.15, 0.2) is 52.1 Å². The highest BCUT2D eigenvalue weighted by molar-refractivity contribution is 7.89. The van der Waals surface area contributed by atoms with Crippen LogP contribution in [-0.4, -0.2) is 28.8 Å². The highest BCUT2D eigenvalue weighted by Gasteiger charge is 2.12. The SMILES string of the molecule is NS(=O)(=O)c1ccc(-c2noc(-c3ccnnc3)n2)cc1. The van der Waals surface area contributed by atoms with E-state index in [-0.39, 0.29) is 4.90 Å². The summed E-state index contributed by atoms with van der Waals surface area (Å²) in [5, 5.41) is 16.3. The van der Waals surface area contributed by atoms with Crippen molar-refractivity contribution >= 4 is 10.0 Å². The van der Waals surface area contributed by atoms with Crippen LogP contribution in [0.3, 0.4) is 0 Å². The van der Waals surface area contributed by atoms with Crippen LogP contribution in [-0.2, 0) is 10.0 Å². The summed E-state index contributed by atoms with van der Waals surface area (Å²) < 4.78 is 27.5. The minimum atomic E-state index is -3.72. The Kier molecular flexibility index (Phi) is 3.20. The van der Waals surface area contributed by atoms with Gasteiger partial charge in [-0.2, -0.15) is 15.2 Å². The van der Waals surface area contributed by atoms with Crippen molar-refractivity contribution in [2.75, 3.05) is 0 Å². The summed E-state index contributed by atoms with van der Waals surface area (Å²) in [5.74, 6) is 0.637. The van der Waals surface area contributed by atoms with Crippen LogP contribution in [0.2, 0.25) is 0 Å². The lowest BCUT2D eigenvalue weighted by Crippen LogP contribution is -2.11. The fourth-order valence-electron chi connectivity index (χ4n) is 1.67. The van der Waals surface area contributed by atoms with E-state index in [1.807, 2.05) is 0 Å². The molecule has 8 nitrogen and oxygen atoms in total. The lowest BCUT2D eigenvalue weighted by molar-refractivity contribution is 0.432. The van der Waals surface area contributed by atoms with Gasteiger partial charge in [-0.25, -0.2) is 13.6 Å². The Morgan fingerprint density at radius 2 is 1.76 bits per heavy atom. The normalized spacial score (nSPS) is 11.5. The Labute approximate surface area is 119 Å². The van der Waals surface area contributed by atoms with Gasteiger partial charge in [0.25, 0.3) is 5.89 Å². The highest BCUT2D eigenvalue weighted by Crippen LogP contribution is 2.22. The van der Waals surface area contributed by atoms with Crippen LogP contribution in [0.5, 0.6) is 0 Å². The first kappa shape index (κ1) is 13.3. The summed E-state index contributed by atoms with van der Waals surface area (Å²) in [6, 6.07) is 7.57. The van der Waals surface area contributed by atoms with Gasteiger partial charge in [0.15, 0.2) is 0 Å². The maximum absolute atomic E-state index is 11.2. The van der Waals surface area contributed by atoms with Crippen LogP contribution >= 0.6 is 0 Å². The minimum Gasteiger partial charge on any atom is -0.334 e. The predicted molar refractivity (Wildman–Crippen MR) is 72.1 cm³/mol. The molecule has 3 rings (SSSR count). The molecule has 2 heterocycles. The van der Waals surface area contributed by atoms with Crippen molar-refractivity contribution in [3.8, 4) is 22.8 Å². The smallest absolute Gasteiger partial charge is 0.259 e. The first-order valence-electron chi connectivity index (χ1n) is 5.78. The number of sulfonamides is 1. The maximum atomic E-state index is 11.2. The summed E-state index contributed by atoms with van der Waals surface area (Å²) in [4.78, 5) is 4.24. The summed E-state index contributed by atoms with van der Waals surface area (Å²) in [6.07, 6.45) is 3.02. The molecule has 0 bridgehead atoms. The molecule has 0 aliphatic rings. The lowest BCUT2D eigenvalue weighted by atomic mass is 10.2. The molecule has 0 fully saturated rings. The Morgan fingerprint density at radius 3 is 2.38 bits per heavy atom. The van der Waals surface area contributed by atoms with E-state index < -0.39 is 10.0 Å². The van der Waals surface area contributed by atoms with E-state index in [9.17, 15) is 8.42 Å².